The van der Waals surface area contributed by atoms with Crippen molar-refractivity contribution in [1.82, 2.24) is 4.90 Å². The molecule has 0 aliphatic carbocycles. The van der Waals surface area contributed by atoms with Crippen molar-refractivity contribution in [2.45, 2.75) is 25.2 Å². The van der Waals surface area contributed by atoms with Crippen LogP contribution in [0, 0.1) is 0 Å². The van der Waals surface area contributed by atoms with E-state index in [2.05, 4.69) is 35.2 Å². The molecule has 0 radical (unpaired) electrons. The average Bonchev–Trinajstić information content (AvgIpc) is 2.78. The Labute approximate surface area is 109 Å². The molecule has 0 bridgehead atoms. The van der Waals surface area contributed by atoms with Gasteiger partial charge in [-0.3, -0.25) is 0 Å². The second-order valence-corrected chi connectivity index (χ2v) is 5.29. The first-order valence-electron chi connectivity index (χ1n) is 6.31. The van der Waals surface area contributed by atoms with Crippen LogP contribution in [-0.2, 0) is 0 Å². The molecule has 1 saturated heterocycles. The number of hydrogen-bond acceptors (Lipinski definition) is 2. The van der Waals surface area contributed by atoms with Crippen LogP contribution < -0.4 is 5.73 Å². The Morgan fingerprint density at radius 3 is 2.82 bits per heavy atom. The molecule has 17 heavy (non-hydrogen) atoms. The lowest BCUT2D eigenvalue weighted by Crippen LogP contribution is -2.22. The Morgan fingerprint density at radius 1 is 1.35 bits per heavy atom. The quantitative estimate of drug-likeness (QED) is 0.812. The molecule has 1 aliphatic rings. The molecular formula is C14H20N2S. The molecule has 0 spiro atoms. The molecule has 2 N–H and O–H groups in total. The molecule has 2 nitrogen and oxygen atoms in total. The topological polar surface area (TPSA) is 29.3 Å². The molecule has 0 aromatic heterocycles. The molecule has 1 unspecified atom stereocenters. The van der Waals surface area contributed by atoms with Crippen molar-refractivity contribution in [3.05, 3.63) is 35.9 Å². The van der Waals surface area contributed by atoms with Crippen molar-refractivity contribution in [3.63, 3.8) is 0 Å². The molecule has 1 fully saturated rings. The summed E-state index contributed by atoms with van der Waals surface area (Å²) in [6, 6.07) is 10.8. The predicted octanol–water partition coefficient (Wildman–Crippen LogP) is 2.54. The summed E-state index contributed by atoms with van der Waals surface area (Å²) in [5, 5.41) is 0. The maximum atomic E-state index is 5.51. The van der Waals surface area contributed by atoms with Crippen LogP contribution in [0.1, 0.15) is 30.7 Å². The van der Waals surface area contributed by atoms with E-state index in [0.717, 1.165) is 19.4 Å². The SMILES string of the molecule is NC(=S)CCCN1CCC(c2ccccc2)C1. The highest BCUT2D eigenvalue weighted by molar-refractivity contribution is 7.80. The number of nitrogens with two attached hydrogens (primary N) is 1. The molecule has 1 aromatic carbocycles. The fraction of sp³-hybridized carbons (Fsp3) is 0.500. The molecule has 92 valence electrons. The minimum absolute atomic E-state index is 0.642. The van der Waals surface area contributed by atoms with Gasteiger partial charge in [0.25, 0.3) is 0 Å². The van der Waals surface area contributed by atoms with Gasteiger partial charge in [0, 0.05) is 6.54 Å². The summed E-state index contributed by atoms with van der Waals surface area (Å²) in [5.41, 5.74) is 6.98. The van der Waals surface area contributed by atoms with Crippen LogP contribution in [0.3, 0.4) is 0 Å². The summed E-state index contributed by atoms with van der Waals surface area (Å²) in [4.78, 5) is 3.17. The van der Waals surface area contributed by atoms with Gasteiger partial charge in [0.1, 0.15) is 0 Å². The highest BCUT2D eigenvalue weighted by Crippen LogP contribution is 2.26. The van der Waals surface area contributed by atoms with Crippen LogP contribution in [-0.4, -0.2) is 29.5 Å². The minimum Gasteiger partial charge on any atom is -0.393 e. The van der Waals surface area contributed by atoms with Crippen molar-refractivity contribution in [1.29, 1.82) is 0 Å². The van der Waals surface area contributed by atoms with Crippen LogP contribution in [0.15, 0.2) is 30.3 Å². The lowest BCUT2D eigenvalue weighted by molar-refractivity contribution is 0.332. The summed E-state index contributed by atoms with van der Waals surface area (Å²) in [6.07, 6.45) is 3.25. The summed E-state index contributed by atoms with van der Waals surface area (Å²) in [7, 11) is 0. The third-order valence-corrected chi connectivity index (χ3v) is 3.64. The normalized spacial score (nSPS) is 20.6. The molecule has 1 atom stereocenters. The molecule has 3 heteroatoms. The van der Waals surface area contributed by atoms with Crippen molar-refractivity contribution >= 4 is 17.2 Å². The van der Waals surface area contributed by atoms with Crippen LogP contribution in [0.2, 0.25) is 0 Å². The van der Waals surface area contributed by atoms with Gasteiger partial charge in [-0.05, 0) is 43.8 Å². The van der Waals surface area contributed by atoms with Gasteiger partial charge in [-0.2, -0.15) is 0 Å². The second kappa shape index (κ2) is 6.12. The molecular weight excluding hydrogens is 228 g/mol. The van der Waals surface area contributed by atoms with Crippen LogP contribution >= 0.6 is 12.2 Å². The Balaban J connectivity index is 1.78. The van der Waals surface area contributed by atoms with Crippen LogP contribution in [0.25, 0.3) is 0 Å². The number of benzene rings is 1. The highest BCUT2D eigenvalue weighted by Gasteiger charge is 2.22. The van der Waals surface area contributed by atoms with Gasteiger partial charge in [-0.15, -0.1) is 0 Å². The first-order chi connectivity index (χ1) is 8.25. The fourth-order valence-corrected chi connectivity index (χ4v) is 2.65. The van der Waals surface area contributed by atoms with Gasteiger partial charge in [-0.1, -0.05) is 42.5 Å². The van der Waals surface area contributed by atoms with E-state index in [1.54, 1.807) is 0 Å². The predicted molar refractivity (Wildman–Crippen MR) is 76.3 cm³/mol. The number of likely N-dealkylation sites (tertiary alicyclic amines) is 1. The molecule has 2 rings (SSSR count). The Hall–Kier alpha value is -0.930. The number of rotatable bonds is 5. The maximum Gasteiger partial charge on any atom is 0.0727 e. The van der Waals surface area contributed by atoms with E-state index < -0.39 is 0 Å². The van der Waals surface area contributed by atoms with Gasteiger partial charge in [0.2, 0.25) is 0 Å². The van der Waals surface area contributed by atoms with E-state index in [9.17, 15) is 0 Å². The van der Waals surface area contributed by atoms with Gasteiger partial charge in [0.05, 0.1) is 4.99 Å². The number of hydrogen-bond donors (Lipinski definition) is 1. The van der Waals surface area contributed by atoms with Crippen molar-refractivity contribution in [2.24, 2.45) is 5.73 Å². The Kier molecular flexibility index (Phi) is 4.51. The van der Waals surface area contributed by atoms with Crippen molar-refractivity contribution in [3.8, 4) is 0 Å². The summed E-state index contributed by atoms with van der Waals surface area (Å²) in [6.45, 7) is 3.51. The lowest BCUT2D eigenvalue weighted by atomic mass is 9.99. The highest BCUT2D eigenvalue weighted by atomic mass is 32.1. The monoisotopic (exact) mass is 248 g/mol. The Morgan fingerprint density at radius 2 is 2.12 bits per heavy atom. The smallest absolute Gasteiger partial charge is 0.0727 e. The third kappa shape index (κ3) is 3.79. The molecule has 0 saturated carbocycles. The zero-order valence-electron chi connectivity index (χ0n) is 10.1. The van der Waals surface area contributed by atoms with Crippen LogP contribution in [0.4, 0.5) is 0 Å². The zero-order chi connectivity index (χ0) is 12.1. The summed E-state index contributed by atoms with van der Waals surface area (Å²) < 4.78 is 0. The third-order valence-electron chi connectivity index (χ3n) is 3.44. The van der Waals surface area contributed by atoms with E-state index in [-0.39, 0.29) is 0 Å². The fourth-order valence-electron chi connectivity index (χ4n) is 2.51. The van der Waals surface area contributed by atoms with E-state index in [0.29, 0.717) is 10.9 Å². The minimum atomic E-state index is 0.642. The maximum absolute atomic E-state index is 5.51. The first-order valence-corrected chi connectivity index (χ1v) is 6.72. The number of nitrogens with zero attached hydrogens (tertiary/aromatic N) is 1. The van der Waals surface area contributed by atoms with Crippen molar-refractivity contribution in [2.75, 3.05) is 19.6 Å². The average molecular weight is 248 g/mol. The van der Waals surface area contributed by atoms with E-state index >= 15 is 0 Å². The Bertz CT molecular complexity index is 364. The standard InChI is InChI=1S/C14H20N2S/c15-14(17)7-4-9-16-10-8-13(11-16)12-5-2-1-3-6-12/h1-3,5-6,13H,4,7-11H2,(H2,15,17). The van der Waals surface area contributed by atoms with Gasteiger partial charge < -0.3 is 10.6 Å². The van der Waals surface area contributed by atoms with Gasteiger partial charge in [-0.25, -0.2) is 0 Å². The van der Waals surface area contributed by atoms with Gasteiger partial charge >= 0.3 is 0 Å². The largest absolute Gasteiger partial charge is 0.393 e. The van der Waals surface area contributed by atoms with Crippen LogP contribution in [0.5, 0.6) is 0 Å². The van der Waals surface area contributed by atoms with E-state index in [1.165, 1.54) is 25.1 Å². The van der Waals surface area contributed by atoms with Gasteiger partial charge in [0.15, 0.2) is 0 Å². The molecule has 1 aliphatic heterocycles. The second-order valence-electron chi connectivity index (χ2n) is 4.77. The molecule has 0 amide bonds. The first kappa shape index (κ1) is 12.5. The lowest BCUT2D eigenvalue weighted by Gasteiger charge is -2.15. The molecule has 1 aromatic rings. The van der Waals surface area contributed by atoms with E-state index in [1.807, 2.05) is 0 Å². The summed E-state index contributed by atoms with van der Waals surface area (Å²) >= 11 is 4.89. The summed E-state index contributed by atoms with van der Waals surface area (Å²) in [5.74, 6) is 0.709. The van der Waals surface area contributed by atoms with E-state index in [4.69, 9.17) is 18.0 Å². The zero-order valence-corrected chi connectivity index (χ0v) is 11.0. The molecule has 1 heterocycles. The van der Waals surface area contributed by atoms with Crippen molar-refractivity contribution < 1.29 is 0 Å². The number of thiocarbonyl (C=S) groups is 1.